The first-order chi connectivity index (χ1) is 19.5. The number of hydrogen-bond donors (Lipinski definition) is 1. The molecule has 1 saturated heterocycles. The van der Waals surface area contributed by atoms with Gasteiger partial charge in [0.2, 0.25) is 0 Å². The van der Waals surface area contributed by atoms with Crippen molar-refractivity contribution in [2.45, 2.75) is 64.3 Å². The first-order valence-corrected chi connectivity index (χ1v) is 14.7. The van der Waals surface area contributed by atoms with Crippen molar-refractivity contribution < 1.29 is 14.2 Å². The van der Waals surface area contributed by atoms with Gasteiger partial charge in [0.1, 0.15) is 5.75 Å². The Morgan fingerprint density at radius 1 is 0.780 bits per heavy atom. The molecule has 2 atom stereocenters. The second kappa shape index (κ2) is 14.8. The van der Waals surface area contributed by atoms with Crippen molar-refractivity contribution >= 4 is 23.2 Å². The molecule has 1 fully saturated rings. The number of fused-ring (bicyclic) bond motifs is 1. The standard InChI is InChI=1S/C36H43NO3.ClH/c1-36(2,3)32-15-10-27(11-16-32)25-38-21-6-22-39-33-17-13-30(14-18-33)34-19-20-37-24-35(34)40-26-28-9-12-29-7-4-5-8-31(29)23-28;/h4-5,7-18,23,34-35,37H,6,19-22,24-26H2,1-3H3;1H. The molecule has 0 radical (unpaired) electrons. The summed E-state index contributed by atoms with van der Waals surface area (Å²) >= 11 is 0. The van der Waals surface area contributed by atoms with Crippen molar-refractivity contribution in [2.24, 2.45) is 0 Å². The zero-order chi connectivity index (χ0) is 27.8. The van der Waals surface area contributed by atoms with Crippen LogP contribution in [-0.4, -0.2) is 32.4 Å². The highest BCUT2D eigenvalue weighted by Crippen LogP contribution is 2.30. The average molecular weight is 574 g/mol. The molecule has 4 aromatic rings. The van der Waals surface area contributed by atoms with Crippen LogP contribution in [0.5, 0.6) is 5.75 Å². The third-order valence-electron chi connectivity index (χ3n) is 7.80. The first kappa shape index (κ1) is 31.1. The molecule has 1 aliphatic rings. The van der Waals surface area contributed by atoms with Crippen LogP contribution in [-0.2, 0) is 28.1 Å². The van der Waals surface area contributed by atoms with Gasteiger partial charge in [-0.05, 0) is 69.6 Å². The number of nitrogens with one attached hydrogen (secondary N) is 1. The Labute approximate surface area is 251 Å². The van der Waals surface area contributed by atoms with Crippen LogP contribution >= 0.6 is 12.4 Å². The monoisotopic (exact) mass is 573 g/mol. The quantitative estimate of drug-likeness (QED) is 0.184. The zero-order valence-corrected chi connectivity index (χ0v) is 25.4. The molecule has 4 nitrogen and oxygen atoms in total. The highest BCUT2D eigenvalue weighted by molar-refractivity contribution is 5.85. The number of piperidine rings is 1. The van der Waals surface area contributed by atoms with Gasteiger partial charge >= 0.3 is 0 Å². The van der Waals surface area contributed by atoms with Gasteiger partial charge in [0, 0.05) is 18.9 Å². The van der Waals surface area contributed by atoms with E-state index in [1.54, 1.807) is 0 Å². The predicted molar refractivity (Wildman–Crippen MR) is 171 cm³/mol. The predicted octanol–water partition coefficient (Wildman–Crippen LogP) is 8.21. The highest BCUT2D eigenvalue weighted by Gasteiger charge is 2.27. The van der Waals surface area contributed by atoms with Crippen molar-refractivity contribution in [3.8, 4) is 5.75 Å². The van der Waals surface area contributed by atoms with E-state index in [-0.39, 0.29) is 23.9 Å². The van der Waals surface area contributed by atoms with Crippen molar-refractivity contribution in [3.05, 3.63) is 113 Å². The minimum Gasteiger partial charge on any atom is -0.494 e. The third kappa shape index (κ3) is 8.80. The normalized spacial score (nSPS) is 17.2. The molecule has 5 heteroatoms. The molecule has 1 aliphatic heterocycles. The van der Waals surface area contributed by atoms with Gasteiger partial charge < -0.3 is 19.5 Å². The summed E-state index contributed by atoms with van der Waals surface area (Å²) in [5.74, 6) is 1.28. The summed E-state index contributed by atoms with van der Waals surface area (Å²) in [6, 6.07) is 32.4. The maximum atomic E-state index is 6.46. The summed E-state index contributed by atoms with van der Waals surface area (Å²) in [7, 11) is 0. The van der Waals surface area contributed by atoms with Gasteiger partial charge in [0.05, 0.1) is 32.5 Å². The molecule has 5 rings (SSSR count). The number of benzene rings is 4. The molecule has 0 aliphatic carbocycles. The molecular weight excluding hydrogens is 530 g/mol. The summed E-state index contributed by atoms with van der Waals surface area (Å²) < 4.78 is 18.3. The summed E-state index contributed by atoms with van der Waals surface area (Å²) in [5, 5.41) is 6.04. The topological polar surface area (TPSA) is 39.7 Å². The van der Waals surface area contributed by atoms with Gasteiger partial charge in [-0.25, -0.2) is 0 Å². The molecule has 0 bridgehead atoms. The van der Waals surface area contributed by atoms with Crippen LogP contribution in [0, 0.1) is 0 Å². The number of rotatable bonds is 11. The maximum Gasteiger partial charge on any atom is 0.119 e. The second-order valence-corrected chi connectivity index (χ2v) is 11.9. The van der Waals surface area contributed by atoms with E-state index in [0.717, 1.165) is 31.7 Å². The van der Waals surface area contributed by atoms with E-state index >= 15 is 0 Å². The summed E-state index contributed by atoms with van der Waals surface area (Å²) in [6.07, 6.45) is 2.08. The van der Waals surface area contributed by atoms with E-state index in [2.05, 4.69) is 117 Å². The lowest BCUT2D eigenvalue weighted by molar-refractivity contribution is 0.0106. The van der Waals surface area contributed by atoms with Crippen molar-refractivity contribution in [1.82, 2.24) is 5.32 Å². The molecule has 41 heavy (non-hydrogen) atoms. The fourth-order valence-electron chi connectivity index (χ4n) is 5.37. The lowest BCUT2D eigenvalue weighted by atomic mass is 9.87. The molecule has 218 valence electrons. The smallest absolute Gasteiger partial charge is 0.119 e. The molecular formula is C36H44ClNO3. The second-order valence-electron chi connectivity index (χ2n) is 11.9. The summed E-state index contributed by atoms with van der Waals surface area (Å²) in [5.41, 5.74) is 5.27. The fourth-order valence-corrected chi connectivity index (χ4v) is 5.37. The molecule has 2 unspecified atom stereocenters. The maximum absolute atomic E-state index is 6.46. The van der Waals surface area contributed by atoms with Crippen molar-refractivity contribution in [2.75, 3.05) is 26.3 Å². The van der Waals surface area contributed by atoms with E-state index in [1.165, 1.54) is 33.0 Å². The fraction of sp³-hybridized carbons (Fsp3) is 0.389. The van der Waals surface area contributed by atoms with Gasteiger partial charge in [0.15, 0.2) is 0 Å². The van der Waals surface area contributed by atoms with Crippen LogP contribution < -0.4 is 10.1 Å². The van der Waals surface area contributed by atoms with E-state index in [9.17, 15) is 0 Å². The molecule has 0 aromatic heterocycles. The van der Waals surface area contributed by atoms with Crippen LogP contribution in [0.1, 0.15) is 61.8 Å². The largest absolute Gasteiger partial charge is 0.494 e. The Hall–Kier alpha value is -2.89. The molecule has 1 N–H and O–H groups in total. The molecule has 1 heterocycles. The Balaban J connectivity index is 0.00000387. The van der Waals surface area contributed by atoms with Crippen LogP contribution in [0.2, 0.25) is 0 Å². The van der Waals surface area contributed by atoms with Gasteiger partial charge in [-0.1, -0.05) is 93.6 Å². The Bertz CT molecular complexity index is 1350. The Kier molecular flexibility index (Phi) is 11.2. The Morgan fingerprint density at radius 2 is 1.51 bits per heavy atom. The SMILES string of the molecule is CC(C)(C)c1ccc(COCCCOc2ccc(C3CCNCC3OCc3ccc4ccccc4c3)cc2)cc1.Cl. The number of ether oxygens (including phenoxy) is 3. The van der Waals surface area contributed by atoms with Crippen LogP contribution in [0.4, 0.5) is 0 Å². The lowest BCUT2D eigenvalue weighted by Gasteiger charge is -2.32. The third-order valence-corrected chi connectivity index (χ3v) is 7.80. The van der Waals surface area contributed by atoms with Crippen LogP contribution in [0.25, 0.3) is 10.8 Å². The minimum atomic E-state index is 0. The number of hydrogen-bond acceptors (Lipinski definition) is 4. The van der Waals surface area contributed by atoms with E-state index < -0.39 is 0 Å². The zero-order valence-electron chi connectivity index (χ0n) is 24.6. The number of halogens is 1. The molecule has 0 spiro atoms. The van der Waals surface area contributed by atoms with Gasteiger partial charge in [-0.15, -0.1) is 12.4 Å². The van der Waals surface area contributed by atoms with E-state index in [0.29, 0.717) is 32.3 Å². The highest BCUT2D eigenvalue weighted by atomic mass is 35.5. The van der Waals surface area contributed by atoms with Gasteiger partial charge in [-0.2, -0.15) is 0 Å². The van der Waals surface area contributed by atoms with E-state index in [4.69, 9.17) is 14.2 Å². The van der Waals surface area contributed by atoms with Gasteiger partial charge in [-0.3, -0.25) is 0 Å². The van der Waals surface area contributed by atoms with Gasteiger partial charge in [0.25, 0.3) is 0 Å². The molecule has 0 amide bonds. The van der Waals surface area contributed by atoms with Crippen LogP contribution in [0.3, 0.4) is 0 Å². The van der Waals surface area contributed by atoms with Crippen molar-refractivity contribution in [3.63, 3.8) is 0 Å². The average Bonchev–Trinajstić information content (AvgIpc) is 2.98. The van der Waals surface area contributed by atoms with Crippen LogP contribution in [0.15, 0.2) is 91.0 Å². The summed E-state index contributed by atoms with van der Waals surface area (Å²) in [4.78, 5) is 0. The lowest BCUT2D eigenvalue weighted by Crippen LogP contribution is -2.40. The molecule has 0 saturated carbocycles. The van der Waals surface area contributed by atoms with E-state index in [1.807, 2.05) is 0 Å². The molecule has 4 aromatic carbocycles. The minimum absolute atomic E-state index is 0. The first-order valence-electron chi connectivity index (χ1n) is 14.7. The van der Waals surface area contributed by atoms with Crippen molar-refractivity contribution in [1.29, 1.82) is 0 Å². The summed E-state index contributed by atoms with van der Waals surface area (Å²) in [6.45, 7) is 11.2. The Morgan fingerprint density at radius 3 is 2.27 bits per heavy atom.